The molecule has 2 N–H and O–H groups in total. The number of hydrogen-bond acceptors (Lipinski definition) is 6. The van der Waals surface area contributed by atoms with Crippen molar-refractivity contribution < 1.29 is 19.0 Å². The molecule has 2 aromatic rings. The van der Waals surface area contributed by atoms with Crippen molar-refractivity contribution in [3.8, 4) is 17.5 Å². The number of rotatable bonds is 6. The highest BCUT2D eigenvalue weighted by molar-refractivity contribution is 6.05. The molecule has 0 fully saturated rings. The topological polar surface area (TPSA) is 98.4 Å². The van der Waals surface area contributed by atoms with Crippen LogP contribution in [-0.4, -0.2) is 41.9 Å². The second-order valence-corrected chi connectivity index (χ2v) is 3.92. The highest BCUT2D eigenvalue weighted by Crippen LogP contribution is 2.25. The fourth-order valence-electron chi connectivity index (χ4n) is 1.66. The van der Waals surface area contributed by atoms with Crippen LogP contribution in [0.1, 0.15) is 17.3 Å². The first-order valence-electron chi connectivity index (χ1n) is 6.26. The van der Waals surface area contributed by atoms with Crippen LogP contribution in [-0.2, 0) is 0 Å². The SMILES string of the molecule is CCOc1n[nH]c(NC(=O)c2ccc(OC)cc2OC)n1. The molecule has 0 aliphatic carbocycles. The van der Waals surface area contributed by atoms with Crippen LogP contribution in [0.4, 0.5) is 5.95 Å². The van der Waals surface area contributed by atoms with Crippen molar-refractivity contribution in [1.82, 2.24) is 15.2 Å². The van der Waals surface area contributed by atoms with Gasteiger partial charge in [0.25, 0.3) is 5.91 Å². The molecule has 8 nitrogen and oxygen atoms in total. The molecule has 0 radical (unpaired) electrons. The maximum atomic E-state index is 12.2. The van der Waals surface area contributed by atoms with E-state index in [1.165, 1.54) is 14.2 Å². The number of H-pyrrole nitrogens is 1. The zero-order chi connectivity index (χ0) is 15.2. The van der Waals surface area contributed by atoms with E-state index in [-0.39, 0.29) is 17.9 Å². The summed E-state index contributed by atoms with van der Waals surface area (Å²) in [6.45, 7) is 2.26. The third-order valence-electron chi connectivity index (χ3n) is 2.62. The lowest BCUT2D eigenvalue weighted by atomic mass is 10.2. The van der Waals surface area contributed by atoms with Gasteiger partial charge in [-0.1, -0.05) is 0 Å². The Kier molecular flexibility index (Phi) is 4.60. The van der Waals surface area contributed by atoms with E-state index in [9.17, 15) is 4.79 Å². The van der Waals surface area contributed by atoms with Crippen molar-refractivity contribution in [3.05, 3.63) is 23.8 Å². The van der Waals surface area contributed by atoms with Gasteiger partial charge in [0.1, 0.15) is 11.5 Å². The average molecular weight is 292 g/mol. The van der Waals surface area contributed by atoms with Gasteiger partial charge in [-0.25, -0.2) is 5.10 Å². The number of anilines is 1. The zero-order valence-electron chi connectivity index (χ0n) is 12.0. The molecular weight excluding hydrogens is 276 g/mol. The molecule has 0 atom stereocenters. The van der Waals surface area contributed by atoms with Crippen molar-refractivity contribution in [2.45, 2.75) is 6.92 Å². The molecule has 21 heavy (non-hydrogen) atoms. The number of hydrogen-bond donors (Lipinski definition) is 2. The van der Waals surface area contributed by atoms with Gasteiger partial charge in [-0.15, -0.1) is 5.10 Å². The summed E-state index contributed by atoms with van der Waals surface area (Å²) in [6, 6.07) is 5.08. The van der Waals surface area contributed by atoms with Crippen LogP contribution in [0.15, 0.2) is 18.2 Å². The first-order valence-corrected chi connectivity index (χ1v) is 6.26. The van der Waals surface area contributed by atoms with Crippen LogP contribution < -0.4 is 19.5 Å². The van der Waals surface area contributed by atoms with E-state index in [2.05, 4.69) is 20.5 Å². The summed E-state index contributed by atoms with van der Waals surface area (Å²) in [5.41, 5.74) is 0.354. The second kappa shape index (κ2) is 6.60. The van der Waals surface area contributed by atoms with Crippen molar-refractivity contribution in [2.75, 3.05) is 26.1 Å². The van der Waals surface area contributed by atoms with Crippen molar-refractivity contribution in [3.63, 3.8) is 0 Å². The molecule has 0 bridgehead atoms. The number of nitrogens with one attached hydrogen (secondary N) is 2. The fourth-order valence-corrected chi connectivity index (χ4v) is 1.66. The smallest absolute Gasteiger partial charge is 0.337 e. The minimum absolute atomic E-state index is 0.175. The highest BCUT2D eigenvalue weighted by Gasteiger charge is 2.15. The van der Waals surface area contributed by atoms with Crippen molar-refractivity contribution in [2.24, 2.45) is 0 Å². The predicted octanol–water partition coefficient (Wildman–Crippen LogP) is 1.47. The molecule has 0 aliphatic heterocycles. The van der Waals surface area contributed by atoms with Gasteiger partial charge in [-0.2, -0.15) is 4.98 Å². The summed E-state index contributed by atoms with van der Waals surface area (Å²) >= 11 is 0. The van der Waals surface area contributed by atoms with Gasteiger partial charge in [0.2, 0.25) is 5.95 Å². The van der Waals surface area contributed by atoms with E-state index in [1.54, 1.807) is 18.2 Å². The Morgan fingerprint density at radius 2 is 2.14 bits per heavy atom. The van der Waals surface area contributed by atoms with E-state index < -0.39 is 0 Å². The molecule has 2 rings (SSSR count). The second-order valence-electron chi connectivity index (χ2n) is 3.92. The van der Waals surface area contributed by atoms with E-state index in [4.69, 9.17) is 14.2 Å². The van der Waals surface area contributed by atoms with Gasteiger partial charge in [-0.3, -0.25) is 10.1 Å². The Balaban J connectivity index is 2.15. The number of benzene rings is 1. The van der Waals surface area contributed by atoms with Crippen LogP contribution in [0.2, 0.25) is 0 Å². The molecule has 0 saturated heterocycles. The Morgan fingerprint density at radius 1 is 1.33 bits per heavy atom. The number of carbonyl (C=O) groups is 1. The van der Waals surface area contributed by atoms with E-state index in [1.807, 2.05) is 6.92 Å². The minimum Gasteiger partial charge on any atom is -0.497 e. The lowest BCUT2D eigenvalue weighted by Gasteiger charge is -2.09. The van der Waals surface area contributed by atoms with Crippen molar-refractivity contribution >= 4 is 11.9 Å². The molecule has 8 heteroatoms. The molecule has 1 amide bonds. The molecule has 0 aliphatic rings. The van der Waals surface area contributed by atoms with Crippen LogP contribution >= 0.6 is 0 Å². The Hall–Kier alpha value is -2.77. The summed E-state index contributed by atoms with van der Waals surface area (Å²) in [7, 11) is 3.02. The van der Waals surface area contributed by atoms with E-state index in [0.29, 0.717) is 23.7 Å². The lowest BCUT2D eigenvalue weighted by Crippen LogP contribution is -2.14. The number of methoxy groups -OCH3 is 2. The fraction of sp³-hybridized carbons (Fsp3) is 0.308. The van der Waals surface area contributed by atoms with Crippen LogP contribution in [0.3, 0.4) is 0 Å². The van der Waals surface area contributed by atoms with Gasteiger partial charge in [0.15, 0.2) is 0 Å². The summed E-state index contributed by atoms with van der Waals surface area (Å²) in [5.74, 6) is 0.813. The number of nitrogens with zero attached hydrogens (tertiary/aromatic N) is 2. The van der Waals surface area contributed by atoms with Gasteiger partial charge in [-0.05, 0) is 19.1 Å². The van der Waals surface area contributed by atoms with E-state index >= 15 is 0 Å². The molecule has 1 heterocycles. The largest absolute Gasteiger partial charge is 0.497 e. The number of carbonyl (C=O) groups excluding carboxylic acids is 1. The maximum absolute atomic E-state index is 12.2. The molecule has 1 aromatic heterocycles. The highest BCUT2D eigenvalue weighted by atomic mass is 16.5. The summed E-state index contributed by atoms with van der Waals surface area (Å²) in [5, 5.41) is 8.95. The number of ether oxygens (including phenoxy) is 3. The monoisotopic (exact) mass is 292 g/mol. The van der Waals surface area contributed by atoms with Gasteiger partial charge in [0.05, 0.1) is 26.4 Å². The standard InChI is InChI=1S/C13H16N4O4/c1-4-21-13-15-12(16-17-13)14-11(18)9-6-5-8(19-2)7-10(9)20-3/h5-7H,4H2,1-3H3,(H2,14,15,16,17,18). The quantitative estimate of drug-likeness (QED) is 0.836. The third-order valence-corrected chi connectivity index (χ3v) is 2.62. The van der Waals surface area contributed by atoms with Gasteiger partial charge < -0.3 is 14.2 Å². The number of amides is 1. The Bertz CT molecular complexity index is 626. The Labute approximate surface area is 121 Å². The first-order chi connectivity index (χ1) is 10.2. The van der Waals surface area contributed by atoms with E-state index in [0.717, 1.165) is 0 Å². The first kappa shape index (κ1) is 14.6. The molecular formula is C13H16N4O4. The summed E-state index contributed by atoms with van der Waals surface area (Å²) < 4.78 is 15.4. The molecule has 0 spiro atoms. The minimum atomic E-state index is -0.381. The lowest BCUT2D eigenvalue weighted by molar-refractivity contribution is 0.102. The van der Waals surface area contributed by atoms with Crippen molar-refractivity contribution in [1.29, 1.82) is 0 Å². The predicted molar refractivity (Wildman–Crippen MR) is 75.1 cm³/mol. The number of aromatic nitrogens is 3. The zero-order valence-corrected chi connectivity index (χ0v) is 12.0. The molecule has 0 unspecified atom stereocenters. The van der Waals surface area contributed by atoms with Crippen LogP contribution in [0.5, 0.6) is 17.5 Å². The van der Waals surface area contributed by atoms with Gasteiger partial charge >= 0.3 is 6.01 Å². The maximum Gasteiger partial charge on any atom is 0.337 e. The third kappa shape index (κ3) is 3.41. The Morgan fingerprint density at radius 3 is 2.81 bits per heavy atom. The van der Waals surface area contributed by atoms with Gasteiger partial charge in [0, 0.05) is 6.07 Å². The summed E-state index contributed by atoms with van der Waals surface area (Å²) in [6.07, 6.45) is 0. The average Bonchev–Trinajstić information content (AvgIpc) is 2.94. The molecule has 1 aromatic carbocycles. The number of aromatic amines is 1. The van der Waals surface area contributed by atoms with Crippen LogP contribution in [0, 0.1) is 0 Å². The normalized spacial score (nSPS) is 10.0. The summed E-state index contributed by atoms with van der Waals surface area (Å²) in [4.78, 5) is 16.2. The molecule has 0 saturated carbocycles. The van der Waals surface area contributed by atoms with Crippen LogP contribution in [0.25, 0.3) is 0 Å². The molecule has 112 valence electrons.